The first-order valence-electron chi connectivity index (χ1n) is 24.9. The van der Waals surface area contributed by atoms with Crippen molar-refractivity contribution in [3.8, 4) is 0 Å². The molecular weight excluding hydrogens is 1020 g/mol. The number of benzene rings is 7. The zero-order valence-corrected chi connectivity index (χ0v) is 41.8. The number of carbonyl (C=O) groups excluding carboxylic acids is 7. The summed E-state index contributed by atoms with van der Waals surface area (Å²) in [6, 6.07) is 54.6. The number of rotatable bonds is 20. The smallest absolute Gasteiger partial charge is 0.338 e. The lowest BCUT2D eigenvalue weighted by molar-refractivity contribution is -0.207. The molecule has 2 heterocycles. The van der Waals surface area contributed by atoms with Gasteiger partial charge >= 0.3 is 41.8 Å². The fourth-order valence-corrected chi connectivity index (χ4v) is 8.59. The lowest BCUT2D eigenvalue weighted by Crippen LogP contribution is -2.48. The number of ether oxygens (including phenoxy) is 10. The van der Waals surface area contributed by atoms with E-state index >= 15 is 0 Å². The highest BCUT2D eigenvalue weighted by Gasteiger charge is 2.57. The Balaban J connectivity index is 1.10. The van der Waals surface area contributed by atoms with Crippen LogP contribution in [0.5, 0.6) is 0 Å². The second kappa shape index (κ2) is 26.1. The molecule has 0 spiro atoms. The second-order valence-electron chi connectivity index (χ2n) is 17.8. The predicted octanol–water partition coefficient (Wildman–Crippen LogP) is 7.66. The third-order valence-electron chi connectivity index (χ3n) is 12.5. The lowest BCUT2D eigenvalue weighted by atomic mass is 10.0. The highest BCUT2D eigenvalue weighted by Crippen LogP contribution is 2.36. The summed E-state index contributed by atoms with van der Waals surface area (Å²) in [6.45, 7) is -1.53. The Bertz CT molecular complexity index is 3170. The molecule has 1 N–H and O–H groups in total. The van der Waals surface area contributed by atoms with Crippen molar-refractivity contribution in [1.82, 2.24) is 0 Å². The zero-order valence-electron chi connectivity index (χ0n) is 41.8. The van der Waals surface area contributed by atoms with E-state index in [0.717, 1.165) is 0 Å². The van der Waals surface area contributed by atoms with Crippen LogP contribution in [0, 0.1) is 0 Å². The van der Waals surface area contributed by atoms with Crippen LogP contribution < -0.4 is 0 Å². The molecular formula is C61H50O18. The van der Waals surface area contributed by atoms with E-state index < -0.39 is 116 Å². The number of aliphatic hydroxyl groups is 1. The highest BCUT2D eigenvalue weighted by molar-refractivity contribution is 5.93. The van der Waals surface area contributed by atoms with Crippen LogP contribution in [-0.2, 0) is 47.4 Å². The predicted molar refractivity (Wildman–Crippen MR) is 276 cm³/mol. The van der Waals surface area contributed by atoms with Gasteiger partial charge in [-0.3, -0.25) is 0 Å². The van der Waals surface area contributed by atoms with Crippen LogP contribution in [0.2, 0.25) is 0 Å². The van der Waals surface area contributed by atoms with Crippen molar-refractivity contribution in [3.63, 3.8) is 0 Å². The molecule has 7 aromatic carbocycles. The van der Waals surface area contributed by atoms with E-state index in [0.29, 0.717) is 0 Å². The minimum Gasteiger partial charge on any atom is -0.458 e. The second-order valence-corrected chi connectivity index (χ2v) is 17.8. The van der Waals surface area contributed by atoms with Gasteiger partial charge in [-0.25, -0.2) is 33.6 Å². The molecule has 0 radical (unpaired) electrons. The standard InChI is InChI=1S/C61H50O18/c62-53(38-22-8-1-9-23-38)70-36-45(72-54(63)39-24-10-2-11-25-39)48-50(76-57(66)42-30-16-5-17-31-42)52(78-59(68)44-34-20-7-21-35-44)61(79-48)71-37-46(73-55(64)40-26-12-3-13-27-40)47-49(75-56(65)41-28-14-4-15-29-41)51(60(69)74-47)77-58(67)43-32-18-6-19-33-43/h1-35,45-52,60-61,69H,36-37H2/t45-,46-,47+,48+,49+,50+,51-,52-,60-,61-/m1/s1. The maximum Gasteiger partial charge on any atom is 0.338 e. The Morgan fingerprint density at radius 1 is 0.342 bits per heavy atom. The largest absolute Gasteiger partial charge is 0.458 e. The molecule has 0 bridgehead atoms. The Kier molecular flexibility index (Phi) is 18.0. The maximum atomic E-state index is 14.2. The quantitative estimate of drug-likeness (QED) is 0.0570. The Morgan fingerprint density at radius 3 is 0.987 bits per heavy atom. The molecule has 0 aromatic heterocycles. The van der Waals surface area contributed by atoms with Crippen molar-refractivity contribution < 1.29 is 86.0 Å². The fourth-order valence-electron chi connectivity index (χ4n) is 8.59. The summed E-state index contributed by atoms with van der Waals surface area (Å²) < 4.78 is 61.1. The summed E-state index contributed by atoms with van der Waals surface area (Å²) in [4.78, 5) is 97.5. The molecule has 10 atom stereocenters. The minimum absolute atomic E-state index is 0.0452. The number of hydrogen-bond acceptors (Lipinski definition) is 18. The van der Waals surface area contributed by atoms with E-state index in [4.69, 9.17) is 47.4 Å². The first-order valence-corrected chi connectivity index (χ1v) is 24.9. The topological polar surface area (TPSA) is 232 Å². The summed E-state index contributed by atoms with van der Waals surface area (Å²) in [7, 11) is 0. The third-order valence-corrected chi connectivity index (χ3v) is 12.5. The minimum atomic E-state index is -2.00. The van der Waals surface area contributed by atoms with Gasteiger partial charge in [0.2, 0.25) is 0 Å². The van der Waals surface area contributed by atoms with Crippen molar-refractivity contribution in [2.75, 3.05) is 13.2 Å². The lowest BCUT2D eigenvalue weighted by Gasteiger charge is -2.30. The maximum absolute atomic E-state index is 14.2. The van der Waals surface area contributed by atoms with E-state index in [9.17, 15) is 38.7 Å². The van der Waals surface area contributed by atoms with Crippen LogP contribution in [0.4, 0.5) is 0 Å². The molecule has 2 fully saturated rings. The van der Waals surface area contributed by atoms with Gasteiger partial charge in [-0.15, -0.1) is 0 Å². The molecule has 0 saturated carbocycles. The van der Waals surface area contributed by atoms with E-state index in [1.165, 1.54) is 84.9 Å². The Labute approximate surface area is 452 Å². The van der Waals surface area contributed by atoms with Crippen LogP contribution in [0.25, 0.3) is 0 Å². The zero-order chi connectivity index (χ0) is 55.1. The molecule has 0 unspecified atom stereocenters. The molecule has 402 valence electrons. The van der Waals surface area contributed by atoms with Crippen molar-refractivity contribution in [2.45, 2.75) is 61.4 Å². The van der Waals surface area contributed by atoms with Gasteiger partial charge in [0.25, 0.3) is 0 Å². The first kappa shape index (κ1) is 54.5. The van der Waals surface area contributed by atoms with Gasteiger partial charge in [-0.2, -0.15) is 0 Å². The number of carbonyl (C=O) groups is 7. The molecule has 7 aromatic rings. The molecule has 18 heteroatoms. The van der Waals surface area contributed by atoms with Gasteiger partial charge in [0.15, 0.2) is 49.2 Å². The summed E-state index contributed by atoms with van der Waals surface area (Å²) in [5.41, 5.74) is 0.506. The van der Waals surface area contributed by atoms with Gasteiger partial charge in [0.05, 0.1) is 45.6 Å². The molecule has 9 rings (SSSR count). The van der Waals surface area contributed by atoms with Gasteiger partial charge < -0.3 is 52.5 Å². The monoisotopic (exact) mass is 1070 g/mol. The average Bonchev–Trinajstić information content (AvgIpc) is 4.09. The van der Waals surface area contributed by atoms with Crippen LogP contribution in [-0.4, -0.2) is 122 Å². The van der Waals surface area contributed by atoms with Crippen LogP contribution >= 0.6 is 0 Å². The summed E-state index contributed by atoms with van der Waals surface area (Å²) in [5, 5.41) is 11.6. The average molecular weight is 1070 g/mol. The van der Waals surface area contributed by atoms with E-state index in [2.05, 4.69) is 0 Å². The van der Waals surface area contributed by atoms with Crippen molar-refractivity contribution in [2.24, 2.45) is 0 Å². The molecule has 2 aliphatic rings. The third kappa shape index (κ3) is 13.8. The Hall–Kier alpha value is -9.33. The molecule has 18 nitrogen and oxygen atoms in total. The SMILES string of the molecule is O=C(OC[C@@H](OC(=O)c1ccccc1)[C@@H]1O[C@@H](OC[C@@H](OC(=O)c2ccccc2)[C@@H]2O[C@@H](O)[C@H](OC(=O)c3ccccc3)[C@H]2OC(=O)c2ccccc2)[C@H](OC(=O)c2ccccc2)[C@H]1OC(=O)c1ccccc1)c1ccccc1. The van der Waals surface area contributed by atoms with Gasteiger partial charge in [-0.05, 0) is 84.9 Å². The van der Waals surface area contributed by atoms with Crippen LogP contribution in [0.3, 0.4) is 0 Å². The molecule has 0 amide bonds. The van der Waals surface area contributed by atoms with Crippen LogP contribution in [0.15, 0.2) is 212 Å². The van der Waals surface area contributed by atoms with E-state index in [1.807, 2.05) is 0 Å². The van der Waals surface area contributed by atoms with Crippen molar-refractivity contribution in [3.05, 3.63) is 251 Å². The molecule has 2 saturated heterocycles. The molecule has 79 heavy (non-hydrogen) atoms. The van der Waals surface area contributed by atoms with Gasteiger partial charge in [-0.1, -0.05) is 127 Å². The van der Waals surface area contributed by atoms with Crippen LogP contribution in [0.1, 0.15) is 72.5 Å². The highest BCUT2D eigenvalue weighted by atomic mass is 16.8. The molecule has 2 aliphatic heterocycles. The van der Waals surface area contributed by atoms with Gasteiger partial charge in [0.1, 0.15) is 18.8 Å². The number of esters is 7. The van der Waals surface area contributed by atoms with Gasteiger partial charge in [0, 0.05) is 0 Å². The summed E-state index contributed by atoms with van der Waals surface area (Å²) in [5.74, 6) is -6.46. The normalized spacial score (nSPS) is 21.0. The number of aliphatic hydroxyl groups excluding tert-OH is 1. The first-order chi connectivity index (χ1) is 38.5. The number of hydrogen-bond donors (Lipinski definition) is 1. The summed E-state index contributed by atoms with van der Waals surface area (Å²) >= 11 is 0. The molecule has 0 aliphatic carbocycles. The van der Waals surface area contributed by atoms with Crippen molar-refractivity contribution in [1.29, 1.82) is 0 Å². The van der Waals surface area contributed by atoms with E-state index in [-0.39, 0.29) is 38.9 Å². The Morgan fingerprint density at radius 2 is 0.620 bits per heavy atom. The summed E-state index contributed by atoms with van der Waals surface area (Å²) in [6.07, 6.45) is -17.6. The van der Waals surface area contributed by atoms with E-state index in [1.54, 1.807) is 127 Å². The van der Waals surface area contributed by atoms with Crippen molar-refractivity contribution >= 4 is 41.8 Å². The fraction of sp³-hybridized carbons (Fsp3) is 0.197.